The summed E-state index contributed by atoms with van der Waals surface area (Å²) < 4.78 is 34.0. The lowest BCUT2D eigenvalue weighted by Crippen LogP contribution is -2.66. The van der Waals surface area contributed by atoms with E-state index in [1.165, 1.54) is 0 Å². The van der Waals surface area contributed by atoms with Gasteiger partial charge >= 0.3 is 0 Å². The van der Waals surface area contributed by atoms with Crippen molar-refractivity contribution in [3.8, 4) is 0 Å². The Hall–Kier alpha value is -2.77. The van der Waals surface area contributed by atoms with Gasteiger partial charge in [-0.15, -0.1) is 0 Å². The highest BCUT2D eigenvalue weighted by molar-refractivity contribution is 5.76. The number of ether oxygens (including phenoxy) is 6. The van der Waals surface area contributed by atoms with Gasteiger partial charge in [-0.25, -0.2) is 0 Å². The van der Waals surface area contributed by atoms with Gasteiger partial charge in [0.2, 0.25) is 5.91 Å². The Morgan fingerprint density at radius 3 is 1.44 bits per heavy atom. The van der Waals surface area contributed by atoms with Crippen LogP contribution in [0.4, 0.5) is 0 Å². The third kappa shape index (κ3) is 21.9. The fraction of sp³-hybridized carbons (Fsp3) is 0.750. The number of nitrogens with one attached hydrogen (secondary N) is 1. The first-order valence-corrected chi connectivity index (χ1v) is 25.7. The smallest absolute Gasteiger partial charge is 0.220 e. The molecule has 3 rings (SSSR count). The van der Waals surface area contributed by atoms with Gasteiger partial charge in [0, 0.05) is 6.42 Å². The van der Waals surface area contributed by atoms with E-state index in [1.54, 1.807) is 0 Å². The summed E-state index contributed by atoms with van der Waals surface area (Å²) in [5, 5.41) is 119. The van der Waals surface area contributed by atoms with Crippen molar-refractivity contribution in [3.63, 3.8) is 0 Å². The van der Waals surface area contributed by atoms with E-state index in [0.29, 0.717) is 25.7 Å². The molecule has 3 saturated heterocycles. The summed E-state index contributed by atoms with van der Waals surface area (Å²) in [5.74, 6) is -0.334. The van der Waals surface area contributed by atoms with Crippen LogP contribution in [0.15, 0.2) is 72.9 Å². The van der Waals surface area contributed by atoms with Gasteiger partial charge in [0.1, 0.15) is 73.2 Å². The van der Waals surface area contributed by atoms with Gasteiger partial charge in [-0.3, -0.25) is 4.79 Å². The van der Waals surface area contributed by atoms with E-state index in [0.717, 1.165) is 70.6 Å². The van der Waals surface area contributed by atoms with Crippen molar-refractivity contribution in [3.05, 3.63) is 72.9 Å². The maximum absolute atomic E-state index is 13.2. The number of amides is 1. The molecule has 1 amide bonds. The molecule has 0 aromatic carbocycles. The van der Waals surface area contributed by atoms with Gasteiger partial charge < -0.3 is 89.9 Å². The molecule has 0 bridgehead atoms. The molecule has 0 aliphatic carbocycles. The van der Waals surface area contributed by atoms with Crippen LogP contribution in [-0.2, 0) is 33.2 Å². The summed E-state index contributed by atoms with van der Waals surface area (Å²) in [7, 11) is 0. The number of aliphatic hydroxyl groups is 11. The Morgan fingerprint density at radius 2 is 0.944 bits per heavy atom. The van der Waals surface area contributed by atoms with Crippen molar-refractivity contribution in [2.75, 3.05) is 26.4 Å². The number of allylic oxidation sites excluding steroid dienone is 12. The van der Waals surface area contributed by atoms with E-state index in [2.05, 4.69) is 79.9 Å². The second kappa shape index (κ2) is 36.2. The molecule has 0 aromatic rings. The van der Waals surface area contributed by atoms with Crippen molar-refractivity contribution in [1.29, 1.82) is 0 Å². The lowest BCUT2D eigenvalue weighted by molar-refractivity contribution is -0.379. The second-order valence-corrected chi connectivity index (χ2v) is 18.3. The number of hydrogen-bond acceptors (Lipinski definition) is 18. The molecule has 0 aromatic heterocycles. The zero-order valence-corrected chi connectivity index (χ0v) is 41.7. The molecule has 19 heteroatoms. The average molecular weight is 1010 g/mol. The number of hydrogen-bond donors (Lipinski definition) is 12. The Balaban J connectivity index is 1.53. The summed E-state index contributed by atoms with van der Waals surface area (Å²) in [4.78, 5) is 13.2. The maximum atomic E-state index is 13.2. The minimum atomic E-state index is -1.98. The Labute approximate surface area is 419 Å². The van der Waals surface area contributed by atoms with Crippen LogP contribution < -0.4 is 5.32 Å². The van der Waals surface area contributed by atoms with Crippen molar-refractivity contribution >= 4 is 5.91 Å². The normalized spacial score (nSPS) is 32.9. The van der Waals surface area contributed by atoms with Crippen LogP contribution in [0.25, 0.3) is 0 Å². The van der Waals surface area contributed by atoms with E-state index < -0.39 is 124 Å². The molecule has 3 heterocycles. The van der Waals surface area contributed by atoms with Crippen LogP contribution in [0.3, 0.4) is 0 Å². The highest BCUT2D eigenvalue weighted by Gasteiger charge is 2.53. The number of unbranched alkanes of at least 4 members (excludes halogenated alkanes) is 6. The predicted molar refractivity (Wildman–Crippen MR) is 263 cm³/mol. The first-order chi connectivity index (χ1) is 34.3. The van der Waals surface area contributed by atoms with Crippen molar-refractivity contribution < 1.29 is 89.4 Å². The quantitative estimate of drug-likeness (QED) is 0.0324. The van der Waals surface area contributed by atoms with Gasteiger partial charge in [-0.05, 0) is 51.4 Å². The van der Waals surface area contributed by atoms with E-state index in [-0.39, 0.29) is 18.9 Å². The number of rotatable bonds is 34. The molecule has 408 valence electrons. The molecule has 0 radical (unpaired) electrons. The largest absolute Gasteiger partial charge is 0.394 e. The van der Waals surface area contributed by atoms with E-state index in [1.807, 2.05) is 12.2 Å². The molecule has 12 N–H and O–H groups in total. The third-order valence-electron chi connectivity index (χ3n) is 12.6. The molecule has 0 saturated carbocycles. The Kier molecular flexibility index (Phi) is 31.9. The standard InChI is InChI=1S/C52H87NO18/c1-3-5-7-9-11-12-13-14-15-16-17-18-19-20-21-22-24-26-28-30-40(58)53-35(36(57)29-27-25-23-10-8-6-4-2)34-66-50-46(64)43(61)48(38(32-55)68-50)71-52-47(65)44(62)49(39(33-56)69-52)70-51-45(63)42(60)41(59)37(31-54)67-51/h5,7,11-12,14-15,17-18,20-21,24,26,35-39,41-52,54-57,59-65H,3-4,6,8-10,13,16,19,22-23,25,27-34H2,1-2H3,(H,53,58)/b7-5-,12-11-,15-14-,18-17-,21-20-,26-24-. The van der Waals surface area contributed by atoms with Crippen molar-refractivity contribution in [2.45, 2.75) is 221 Å². The minimum Gasteiger partial charge on any atom is -0.394 e. The highest BCUT2D eigenvalue weighted by atomic mass is 16.8. The third-order valence-corrected chi connectivity index (χ3v) is 12.6. The molecular weight excluding hydrogens is 927 g/mol. The van der Waals surface area contributed by atoms with Crippen LogP contribution in [0.2, 0.25) is 0 Å². The fourth-order valence-corrected chi connectivity index (χ4v) is 8.27. The van der Waals surface area contributed by atoms with Crippen LogP contribution in [0, 0.1) is 0 Å². The number of aliphatic hydroxyl groups excluding tert-OH is 11. The van der Waals surface area contributed by atoms with Gasteiger partial charge in [0.25, 0.3) is 0 Å². The fourth-order valence-electron chi connectivity index (χ4n) is 8.27. The molecule has 0 spiro atoms. The molecule has 71 heavy (non-hydrogen) atoms. The minimum absolute atomic E-state index is 0.136. The zero-order chi connectivity index (χ0) is 52.0. The van der Waals surface area contributed by atoms with Crippen LogP contribution in [-0.4, -0.2) is 193 Å². The Bertz CT molecular complexity index is 1590. The average Bonchev–Trinajstić information content (AvgIpc) is 3.36. The summed E-state index contributed by atoms with van der Waals surface area (Å²) in [6.45, 7) is 1.50. The zero-order valence-electron chi connectivity index (χ0n) is 41.7. The van der Waals surface area contributed by atoms with Crippen molar-refractivity contribution in [1.82, 2.24) is 5.32 Å². The molecule has 17 unspecified atom stereocenters. The van der Waals surface area contributed by atoms with Crippen LogP contribution in [0.1, 0.15) is 117 Å². The van der Waals surface area contributed by atoms with Gasteiger partial charge in [-0.1, -0.05) is 132 Å². The van der Waals surface area contributed by atoms with E-state index in [4.69, 9.17) is 28.4 Å². The van der Waals surface area contributed by atoms with Gasteiger partial charge in [-0.2, -0.15) is 0 Å². The summed E-state index contributed by atoms with van der Waals surface area (Å²) >= 11 is 0. The molecular formula is C52H87NO18. The topological polar surface area (TPSA) is 307 Å². The SMILES string of the molecule is CC/C=C\C/C=C\C/C=C\C/C=C\C/C=C\C/C=C\CCC(=O)NC(COC1OC(CO)C(OC2OC(CO)C(OC3OC(CO)C(O)C(O)C3O)C(O)C2O)C(O)C1O)C(O)CCCCCCCCC. The van der Waals surface area contributed by atoms with Crippen LogP contribution in [0.5, 0.6) is 0 Å². The molecule has 3 fully saturated rings. The first-order valence-electron chi connectivity index (χ1n) is 25.7. The molecule has 3 aliphatic rings. The molecule has 19 nitrogen and oxygen atoms in total. The van der Waals surface area contributed by atoms with E-state index in [9.17, 15) is 61.0 Å². The first kappa shape index (κ1) is 62.5. The van der Waals surface area contributed by atoms with Gasteiger partial charge in [0.15, 0.2) is 18.9 Å². The molecule has 17 atom stereocenters. The molecule has 3 aliphatic heterocycles. The maximum Gasteiger partial charge on any atom is 0.220 e. The van der Waals surface area contributed by atoms with Crippen LogP contribution >= 0.6 is 0 Å². The number of carbonyl (C=O) groups excluding carboxylic acids is 1. The predicted octanol–water partition coefficient (Wildman–Crippen LogP) is 1.92. The lowest BCUT2D eigenvalue weighted by atomic mass is 9.96. The highest BCUT2D eigenvalue weighted by Crippen LogP contribution is 2.33. The summed E-state index contributed by atoms with van der Waals surface area (Å²) in [6, 6.07) is -0.928. The monoisotopic (exact) mass is 1010 g/mol. The van der Waals surface area contributed by atoms with Crippen molar-refractivity contribution in [2.24, 2.45) is 0 Å². The second-order valence-electron chi connectivity index (χ2n) is 18.3. The summed E-state index contributed by atoms with van der Waals surface area (Å²) in [5.41, 5.74) is 0. The summed E-state index contributed by atoms with van der Waals surface area (Å²) in [6.07, 6.45) is 12.0. The lowest BCUT2D eigenvalue weighted by Gasteiger charge is -2.48. The van der Waals surface area contributed by atoms with E-state index >= 15 is 0 Å². The number of carbonyl (C=O) groups is 1. The Morgan fingerprint density at radius 1 is 0.521 bits per heavy atom. The van der Waals surface area contributed by atoms with Gasteiger partial charge in [0.05, 0.1) is 38.6 Å².